The van der Waals surface area contributed by atoms with E-state index in [0.29, 0.717) is 12.2 Å². The Morgan fingerprint density at radius 1 is 1.57 bits per heavy atom. The van der Waals surface area contributed by atoms with Gasteiger partial charge in [0.2, 0.25) is 0 Å². The predicted molar refractivity (Wildman–Crippen MR) is 53.5 cm³/mol. The summed E-state index contributed by atoms with van der Waals surface area (Å²) in [5.74, 6) is -0.203. The van der Waals surface area contributed by atoms with Crippen LogP contribution in [0.3, 0.4) is 0 Å². The van der Waals surface area contributed by atoms with E-state index in [0.717, 1.165) is 6.42 Å². The number of rotatable bonds is 3. The molecule has 0 aliphatic rings. The molecular weight excluding hydrogens is 180 g/mol. The molecule has 0 unspecified atom stereocenters. The van der Waals surface area contributed by atoms with Crippen molar-refractivity contribution in [3.63, 3.8) is 0 Å². The Kier molecular flexibility index (Phi) is 3.17. The lowest BCUT2D eigenvalue weighted by Gasteiger charge is -2.05. The standard InChI is InChI=1S/C10H14N2O2/c1-4-5-12-10(14)9(8(3)13)6-7(2)11-12/h6H,4-5H2,1-3H3. The van der Waals surface area contributed by atoms with Gasteiger partial charge in [-0.3, -0.25) is 9.59 Å². The summed E-state index contributed by atoms with van der Waals surface area (Å²) < 4.78 is 1.35. The molecule has 14 heavy (non-hydrogen) atoms. The van der Waals surface area contributed by atoms with E-state index in [2.05, 4.69) is 5.10 Å². The van der Waals surface area contributed by atoms with Crippen molar-refractivity contribution >= 4 is 5.78 Å². The zero-order chi connectivity index (χ0) is 10.7. The summed E-state index contributed by atoms with van der Waals surface area (Å²) in [5.41, 5.74) is 0.638. The predicted octanol–water partition coefficient (Wildman–Crippen LogP) is 1.16. The van der Waals surface area contributed by atoms with Crippen LogP contribution in [0.2, 0.25) is 0 Å². The van der Waals surface area contributed by atoms with Gasteiger partial charge in [0.25, 0.3) is 5.56 Å². The normalized spacial score (nSPS) is 10.2. The van der Waals surface area contributed by atoms with Crippen LogP contribution in [0, 0.1) is 6.92 Å². The van der Waals surface area contributed by atoms with Gasteiger partial charge in [-0.15, -0.1) is 0 Å². The fraction of sp³-hybridized carbons (Fsp3) is 0.500. The van der Waals surface area contributed by atoms with E-state index in [1.165, 1.54) is 17.7 Å². The van der Waals surface area contributed by atoms with Crippen molar-refractivity contribution in [2.24, 2.45) is 0 Å². The van der Waals surface area contributed by atoms with Crippen LogP contribution in [0.15, 0.2) is 10.9 Å². The number of nitrogens with zero attached hydrogens (tertiary/aromatic N) is 2. The molecule has 0 atom stereocenters. The molecule has 0 bridgehead atoms. The molecular formula is C10H14N2O2. The zero-order valence-corrected chi connectivity index (χ0v) is 8.70. The summed E-state index contributed by atoms with van der Waals surface area (Å²) in [6, 6.07) is 1.54. The van der Waals surface area contributed by atoms with Crippen LogP contribution in [0.4, 0.5) is 0 Å². The first-order valence-electron chi connectivity index (χ1n) is 4.66. The minimum absolute atomic E-state index is 0.203. The first kappa shape index (κ1) is 10.6. The second kappa shape index (κ2) is 4.17. The van der Waals surface area contributed by atoms with Gasteiger partial charge in [-0.1, -0.05) is 6.92 Å². The molecule has 0 amide bonds. The van der Waals surface area contributed by atoms with E-state index in [4.69, 9.17) is 0 Å². The van der Waals surface area contributed by atoms with Crippen LogP contribution >= 0.6 is 0 Å². The lowest BCUT2D eigenvalue weighted by molar-refractivity contribution is 0.101. The van der Waals surface area contributed by atoms with Gasteiger partial charge in [0.1, 0.15) is 0 Å². The van der Waals surface area contributed by atoms with E-state index in [1.54, 1.807) is 6.92 Å². The average Bonchev–Trinajstić information content (AvgIpc) is 2.10. The molecule has 0 aliphatic carbocycles. The number of ketones is 1. The topological polar surface area (TPSA) is 52.0 Å². The number of aromatic nitrogens is 2. The molecule has 1 rings (SSSR count). The Labute approximate surface area is 82.6 Å². The van der Waals surface area contributed by atoms with Gasteiger partial charge >= 0.3 is 0 Å². The van der Waals surface area contributed by atoms with Crippen LogP contribution in [-0.2, 0) is 6.54 Å². The minimum Gasteiger partial charge on any atom is -0.294 e. The van der Waals surface area contributed by atoms with Gasteiger partial charge in [0, 0.05) is 6.54 Å². The Balaban J connectivity index is 3.32. The molecule has 1 aromatic heterocycles. The zero-order valence-electron chi connectivity index (χ0n) is 8.70. The maximum absolute atomic E-state index is 11.6. The lowest BCUT2D eigenvalue weighted by Crippen LogP contribution is -2.28. The molecule has 0 saturated carbocycles. The first-order valence-corrected chi connectivity index (χ1v) is 4.66. The number of carbonyl (C=O) groups is 1. The number of aryl methyl sites for hydroxylation is 2. The highest BCUT2D eigenvalue weighted by molar-refractivity contribution is 5.93. The van der Waals surface area contributed by atoms with E-state index < -0.39 is 0 Å². The molecule has 0 radical (unpaired) electrons. The quantitative estimate of drug-likeness (QED) is 0.678. The Hall–Kier alpha value is -1.45. The number of hydrogen-bond acceptors (Lipinski definition) is 3. The van der Waals surface area contributed by atoms with E-state index in [-0.39, 0.29) is 16.9 Å². The molecule has 0 saturated heterocycles. The summed E-state index contributed by atoms with van der Waals surface area (Å²) >= 11 is 0. The lowest BCUT2D eigenvalue weighted by atomic mass is 10.2. The van der Waals surface area contributed by atoms with Crippen molar-refractivity contribution < 1.29 is 4.79 Å². The average molecular weight is 194 g/mol. The van der Waals surface area contributed by atoms with Crippen LogP contribution in [-0.4, -0.2) is 15.6 Å². The molecule has 0 aliphatic heterocycles. The highest BCUT2D eigenvalue weighted by Crippen LogP contribution is 1.97. The fourth-order valence-corrected chi connectivity index (χ4v) is 1.29. The molecule has 76 valence electrons. The smallest absolute Gasteiger partial charge is 0.277 e. The van der Waals surface area contributed by atoms with Crippen LogP contribution < -0.4 is 5.56 Å². The molecule has 0 spiro atoms. The third-order valence-electron chi connectivity index (χ3n) is 1.91. The second-order valence-corrected chi connectivity index (χ2v) is 3.28. The molecule has 1 heterocycles. The number of carbonyl (C=O) groups excluding carboxylic acids is 1. The van der Waals surface area contributed by atoms with Crippen LogP contribution in [0.25, 0.3) is 0 Å². The molecule has 0 N–H and O–H groups in total. The number of Topliss-reactive ketones (excluding diaryl/α,β-unsaturated/α-hetero) is 1. The monoisotopic (exact) mass is 194 g/mol. The molecule has 0 aromatic carbocycles. The first-order chi connectivity index (χ1) is 6.56. The van der Waals surface area contributed by atoms with E-state index in [9.17, 15) is 9.59 Å². The van der Waals surface area contributed by atoms with Crippen LogP contribution in [0.1, 0.15) is 36.3 Å². The maximum Gasteiger partial charge on any atom is 0.277 e. The van der Waals surface area contributed by atoms with Crippen LogP contribution in [0.5, 0.6) is 0 Å². The van der Waals surface area contributed by atoms with E-state index in [1.807, 2.05) is 6.92 Å². The Bertz CT molecular complexity index is 407. The van der Waals surface area contributed by atoms with Crippen molar-refractivity contribution in [1.82, 2.24) is 9.78 Å². The van der Waals surface area contributed by atoms with Gasteiger partial charge in [-0.05, 0) is 26.3 Å². The van der Waals surface area contributed by atoms with Crippen molar-refractivity contribution in [2.75, 3.05) is 0 Å². The number of hydrogen-bond donors (Lipinski definition) is 0. The Morgan fingerprint density at radius 3 is 2.71 bits per heavy atom. The Morgan fingerprint density at radius 2 is 2.21 bits per heavy atom. The summed E-state index contributed by atoms with van der Waals surface area (Å²) in [5, 5.41) is 4.06. The highest BCUT2D eigenvalue weighted by Gasteiger charge is 2.09. The van der Waals surface area contributed by atoms with Gasteiger partial charge in [-0.25, -0.2) is 4.68 Å². The fourth-order valence-electron chi connectivity index (χ4n) is 1.29. The third-order valence-corrected chi connectivity index (χ3v) is 1.91. The van der Waals surface area contributed by atoms with Crippen molar-refractivity contribution in [3.8, 4) is 0 Å². The van der Waals surface area contributed by atoms with Gasteiger partial charge in [-0.2, -0.15) is 5.10 Å². The second-order valence-electron chi connectivity index (χ2n) is 3.28. The molecule has 0 fully saturated rings. The van der Waals surface area contributed by atoms with Crippen molar-refractivity contribution in [1.29, 1.82) is 0 Å². The van der Waals surface area contributed by atoms with Gasteiger partial charge < -0.3 is 0 Å². The SMILES string of the molecule is CCCn1nc(C)cc(C(C)=O)c1=O. The van der Waals surface area contributed by atoms with Gasteiger partial charge in [0.05, 0.1) is 11.3 Å². The summed E-state index contributed by atoms with van der Waals surface area (Å²) in [7, 11) is 0. The molecule has 4 nitrogen and oxygen atoms in total. The van der Waals surface area contributed by atoms with Gasteiger partial charge in [0.15, 0.2) is 5.78 Å². The molecule has 1 aromatic rings. The maximum atomic E-state index is 11.6. The van der Waals surface area contributed by atoms with E-state index >= 15 is 0 Å². The van der Waals surface area contributed by atoms with Crippen molar-refractivity contribution in [2.45, 2.75) is 33.7 Å². The summed E-state index contributed by atoms with van der Waals surface area (Å²) in [6.45, 7) is 5.69. The highest BCUT2D eigenvalue weighted by atomic mass is 16.1. The summed E-state index contributed by atoms with van der Waals surface area (Å²) in [4.78, 5) is 22.8. The van der Waals surface area contributed by atoms with Crippen molar-refractivity contribution in [3.05, 3.63) is 27.7 Å². The summed E-state index contributed by atoms with van der Waals surface area (Å²) in [6.07, 6.45) is 0.827. The molecule has 4 heteroatoms. The third kappa shape index (κ3) is 2.07. The largest absolute Gasteiger partial charge is 0.294 e. The minimum atomic E-state index is -0.287.